The molecule has 0 radical (unpaired) electrons. The second-order valence-corrected chi connectivity index (χ2v) is 5.25. The Morgan fingerprint density at radius 1 is 1.43 bits per heavy atom. The fourth-order valence-electron chi connectivity index (χ4n) is 2.64. The first-order valence-electron chi connectivity index (χ1n) is 6.26. The van der Waals surface area contributed by atoms with E-state index in [1.165, 1.54) is 58.3 Å². The summed E-state index contributed by atoms with van der Waals surface area (Å²) in [7, 11) is 0. The smallest absolute Gasteiger partial charge is 0.00206 e. The molecule has 2 aliphatic rings. The lowest BCUT2D eigenvalue weighted by molar-refractivity contribution is 0.275. The van der Waals surface area contributed by atoms with Gasteiger partial charge in [-0.3, -0.25) is 0 Å². The number of hydrogen-bond donors (Lipinski definition) is 2. The van der Waals surface area contributed by atoms with Gasteiger partial charge in [-0.05, 0) is 50.1 Å². The minimum absolute atomic E-state index is 0.587. The van der Waals surface area contributed by atoms with Gasteiger partial charge in [0.05, 0.1) is 0 Å². The molecule has 2 N–H and O–H groups in total. The van der Waals surface area contributed by atoms with E-state index in [0.717, 1.165) is 5.92 Å². The first kappa shape index (κ1) is 10.4. The monoisotopic (exact) mass is 196 g/mol. The molecule has 0 aromatic rings. The summed E-state index contributed by atoms with van der Waals surface area (Å²) in [6, 6.07) is 0. The minimum Gasteiger partial charge on any atom is -0.316 e. The van der Waals surface area contributed by atoms with Crippen molar-refractivity contribution in [3.63, 3.8) is 0 Å². The Bertz CT molecular complexity index is 169. The van der Waals surface area contributed by atoms with Crippen LogP contribution in [-0.4, -0.2) is 26.2 Å². The van der Waals surface area contributed by atoms with Crippen LogP contribution in [0.2, 0.25) is 0 Å². The summed E-state index contributed by atoms with van der Waals surface area (Å²) >= 11 is 0. The van der Waals surface area contributed by atoms with E-state index in [-0.39, 0.29) is 0 Å². The summed E-state index contributed by atoms with van der Waals surface area (Å²) in [6.45, 7) is 7.28. The third-order valence-corrected chi connectivity index (χ3v) is 3.74. The van der Waals surface area contributed by atoms with Crippen LogP contribution in [0.15, 0.2) is 0 Å². The SMILES string of the molecule is CCCC1(CNCC2CC2)CCNC1. The van der Waals surface area contributed by atoms with Crippen molar-refractivity contribution in [1.29, 1.82) is 0 Å². The van der Waals surface area contributed by atoms with Crippen LogP contribution >= 0.6 is 0 Å². The molecule has 0 spiro atoms. The van der Waals surface area contributed by atoms with Crippen molar-refractivity contribution >= 4 is 0 Å². The van der Waals surface area contributed by atoms with Crippen molar-refractivity contribution in [3.05, 3.63) is 0 Å². The Morgan fingerprint density at radius 3 is 2.86 bits per heavy atom. The highest BCUT2D eigenvalue weighted by Crippen LogP contribution is 2.31. The third kappa shape index (κ3) is 2.71. The molecule has 0 aromatic heterocycles. The molecule has 1 aliphatic heterocycles. The van der Waals surface area contributed by atoms with Crippen molar-refractivity contribution in [1.82, 2.24) is 10.6 Å². The highest BCUT2D eigenvalue weighted by atomic mass is 15.0. The number of hydrogen-bond acceptors (Lipinski definition) is 2. The minimum atomic E-state index is 0.587. The summed E-state index contributed by atoms with van der Waals surface area (Å²) in [5.41, 5.74) is 0.587. The lowest BCUT2D eigenvalue weighted by Gasteiger charge is -2.28. The highest BCUT2D eigenvalue weighted by Gasteiger charge is 2.32. The van der Waals surface area contributed by atoms with Crippen molar-refractivity contribution in [2.45, 2.75) is 39.0 Å². The molecule has 2 heteroatoms. The van der Waals surface area contributed by atoms with Gasteiger partial charge >= 0.3 is 0 Å². The summed E-state index contributed by atoms with van der Waals surface area (Å²) in [5.74, 6) is 1.02. The fraction of sp³-hybridized carbons (Fsp3) is 1.00. The maximum Gasteiger partial charge on any atom is 0.00206 e. The molecular weight excluding hydrogens is 172 g/mol. The van der Waals surface area contributed by atoms with Crippen LogP contribution in [-0.2, 0) is 0 Å². The first-order chi connectivity index (χ1) is 6.85. The zero-order chi connectivity index (χ0) is 9.86. The van der Waals surface area contributed by atoms with Gasteiger partial charge in [-0.25, -0.2) is 0 Å². The Labute approximate surface area is 87.8 Å². The average molecular weight is 196 g/mol. The molecule has 2 fully saturated rings. The maximum atomic E-state index is 3.67. The molecule has 0 aromatic carbocycles. The van der Waals surface area contributed by atoms with Crippen molar-refractivity contribution in [2.75, 3.05) is 26.2 Å². The van der Waals surface area contributed by atoms with Gasteiger partial charge in [-0.15, -0.1) is 0 Å². The topological polar surface area (TPSA) is 24.1 Å². The summed E-state index contributed by atoms with van der Waals surface area (Å²) in [6.07, 6.45) is 7.01. The lowest BCUT2D eigenvalue weighted by Crippen LogP contribution is -2.37. The van der Waals surface area contributed by atoms with Crippen LogP contribution in [0, 0.1) is 11.3 Å². The quantitative estimate of drug-likeness (QED) is 0.676. The summed E-state index contributed by atoms with van der Waals surface area (Å²) in [5, 5.41) is 7.19. The maximum absolute atomic E-state index is 3.67. The standard InChI is InChI=1S/C12H24N2/c1-2-5-12(6-7-13-9-12)10-14-8-11-3-4-11/h11,13-14H,2-10H2,1H3. The van der Waals surface area contributed by atoms with E-state index in [1.807, 2.05) is 0 Å². The summed E-state index contributed by atoms with van der Waals surface area (Å²) < 4.78 is 0. The Kier molecular flexibility index (Phi) is 3.45. The molecular formula is C12H24N2. The van der Waals surface area contributed by atoms with Gasteiger partial charge in [0.15, 0.2) is 0 Å². The zero-order valence-electron chi connectivity index (χ0n) is 9.44. The molecule has 1 heterocycles. The second-order valence-electron chi connectivity index (χ2n) is 5.25. The third-order valence-electron chi connectivity index (χ3n) is 3.74. The first-order valence-corrected chi connectivity index (χ1v) is 6.26. The molecule has 82 valence electrons. The Morgan fingerprint density at radius 2 is 2.29 bits per heavy atom. The zero-order valence-corrected chi connectivity index (χ0v) is 9.44. The largest absolute Gasteiger partial charge is 0.316 e. The normalized spacial score (nSPS) is 32.4. The molecule has 0 bridgehead atoms. The van der Waals surface area contributed by atoms with Gasteiger partial charge < -0.3 is 10.6 Å². The fourth-order valence-corrected chi connectivity index (χ4v) is 2.64. The van der Waals surface area contributed by atoms with Crippen molar-refractivity contribution in [2.24, 2.45) is 11.3 Å². The molecule has 1 unspecified atom stereocenters. The number of rotatable bonds is 6. The van der Waals surface area contributed by atoms with Crippen LogP contribution in [0.25, 0.3) is 0 Å². The van der Waals surface area contributed by atoms with Crippen LogP contribution in [0.4, 0.5) is 0 Å². The second kappa shape index (κ2) is 4.63. The van der Waals surface area contributed by atoms with Gasteiger partial charge in [0.25, 0.3) is 0 Å². The molecule has 1 aliphatic carbocycles. The van der Waals surface area contributed by atoms with Crippen LogP contribution in [0.3, 0.4) is 0 Å². The number of nitrogens with one attached hydrogen (secondary N) is 2. The van der Waals surface area contributed by atoms with Crippen molar-refractivity contribution in [3.8, 4) is 0 Å². The van der Waals surface area contributed by atoms with E-state index >= 15 is 0 Å². The molecule has 0 amide bonds. The lowest BCUT2D eigenvalue weighted by atomic mass is 9.82. The van der Waals surface area contributed by atoms with E-state index < -0.39 is 0 Å². The Hall–Kier alpha value is -0.0800. The predicted molar refractivity (Wildman–Crippen MR) is 60.4 cm³/mol. The molecule has 1 saturated carbocycles. The van der Waals surface area contributed by atoms with Gasteiger partial charge in [0.2, 0.25) is 0 Å². The van der Waals surface area contributed by atoms with Gasteiger partial charge in [0.1, 0.15) is 0 Å². The van der Waals surface area contributed by atoms with E-state index in [0.29, 0.717) is 5.41 Å². The molecule has 2 rings (SSSR count). The molecule has 1 atom stereocenters. The van der Waals surface area contributed by atoms with Crippen molar-refractivity contribution < 1.29 is 0 Å². The van der Waals surface area contributed by atoms with E-state index in [9.17, 15) is 0 Å². The van der Waals surface area contributed by atoms with Gasteiger partial charge in [0, 0.05) is 13.1 Å². The van der Waals surface area contributed by atoms with E-state index in [2.05, 4.69) is 17.6 Å². The van der Waals surface area contributed by atoms with Gasteiger partial charge in [-0.1, -0.05) is 13.3 Å². The van der Waals surface area contributed by atoms with Crippen LogP contribution < -0.4 is 10.6 Å². The van der Waals surface area contributed by atoms with Gasteiger partial charge in [-0.2, -0.15) is 0 Å². The van der Waals surface area contributed by atoms with E-state index in [4.69, 9.17) is 0 Å². The highest BCUT2D eigenvalue weighted by molar-refractivity contribution is 4.90. The predicted octanol–water partition coefficient (Wildman–Crippen LogP) is 1.77. The van der Waals surface area contributed by atoms with E-state index in [1.54, 1.807) is 0 Å². The summed E-state index contributed by atoms with van der Waals surface area (Å²) in [4.78, 5) is 0. The molecule has 14 heavy (non-hydrogen) atoms. The Balaban J connectivity index is 1.71. The molecule has 1 saturated heterocycles. The average Bonchev–Trinajstić information content (AvgIpc) is 2.87. The van der Waals surface area contributed by atoms with Crippen LogP contribution in [0.5, 0.6) is 0 Å². The van der Waals surface area contributed by atoms with Crippen LogP contribution in [0.1, 0.15) is 39.0 Å². The molecule has 2 nitrogen and oxygen atoms in total.